The fraction of sp³-hybridized carbons (Fsp3) is 0.385. The lowest BCUT2D eigenvalue weighted by Gasteiger charge is -2.31. The van der Waals surface area contributed by atoms with Crippen molar-refractivity contribution >= 4 is 39.5 Å². The van der Waals surface area contributed by atoms with E-state index in [1.165, 1.54) is 52.7 Å². The maximum atomic E-state index is 15.4. The molecule has 8 aromatic rings. The topological polar surface area (TPSA) is 238 Å². The van der Waals surface area contributed by atoms with Crippen molar-refractivity contribution < 1.29 is 48.2 Å². The van der Waals surface area contributed by atoms with Crippen molar-refractivity contribution in [1.82, 2.24) is 49.0 Å². The maximum Gasteiger partial charge on any atom is 0.190 e. The highest BCUT2D eigenvalue weighted by Gasteiger charge is 2.27. The first-order valence-electron chi connectivity index (χ1n) is 23.3. The van der Waals surface area contributed by atoms with Gasteiger partial charge in [0.2, 0.25) is 0 Å². The highest BCUT2D eigenvalue weighted by Crippen LogP contribution is 2.38. The predicted molar refractivity (Wildman–Crippen MR) is 274 cm³/mol. The summed E-state index contributed by atoms with van der Waals surface area (Å²) in [5.74, 6) is -0.130. The van der Waals surface area contributed by atoms with E-state index in [0.717, 1.165) is 0 Å². The van der Waals surface area contributed by atoms with Gasteiger partial charge in [-0.2, -0.15) is 10.2 Å². The molecule has 0 aliphatic heterocycles. The number of anilines is 2. The number of hydrogen-bond donors (Lipinski definition) is 4. The SMILES string of the molecule is COc1cc(N=c2ccc3ncc(-c4cnn(CC(C)(C)O)c4)nc3n2CC(C)(C)O)c(F)c(OC)c1.COc1cc(OC)c(F)c(N(CC(C)(C)O)c2ccc3ncc(-c4cnn(CC(C)(C)O)c4)nc3n2)c1. The minimum absolute atomic E-state index is 0.000955. The number of hydrogen-bond acceptors (Lipinski definition) is 17. The van der Waals surface area contributed by atoms with E-state index < -0.39 is 34.0 Å². The van der Waals surface area contributed by atoms with Gasteiger partial charge in [-0.05, 0) is 79.7 Å². The fourth-order valence-corrected chi connectivity index (χ4v) is 7.70. The minimum Gasteiger partial charge on any atom is -0.497 e. The van der Waals surface area contributed by atoms with Crippen LogP contribution in [-0.2, 0) is 19.6 Å². The van der Waals surface area contributed by atoms with Crippen molar-refractivity contribution in [3.05, 3.63) is 103 Å². The molecule has 4 N–H and O–H groups in total. The normalized spacial score (nSPS) is 12.5. The molecule has 0 atom stereocenters. The van der Waals surface area contributed by atoms with E-state index in [1.807, 2.05) is 0 Å². The summed E-state index contributed by atoms with van der Waals surface area (Å²) >= 11 is 0. The van der Waals surface area contributed by atoms with Crippen molar-refractivity contribution in [2.24, 2.45) is 4.99 Å². The van der Waals surface area contributed by atoms with Crippen LogP contribution < -0.4 is 29.3 Å². The average molecular weight is 1020 g/mol. The van der Waals surface area contributed by atoms with Crippen molar-refractivity contribution in [2.75, 3.05) is 39.9 Å². The smallest absolute Gasteiger partial charge is 0.190 e. The molecule has 0 spiro atoms. The summed E-state index contributed by atoms with van der Waals surface area (Å²) < 4.78 is 56.4. The summed E-state index contributed by atoms with van der Waals surface area (Å²) in [7, 11) is 5.69. The molecule has 0 radical (unpaired) electrons. The molecule has 74 heavy (non-hydrogen) atoms. The molecule has 0 amide bonds. The number of benzene rings is 2. The second kappa shape index (κ2) is 21.4. The molecule has 0 saturated heterocycles. The monoisotopic (exact) mass is 1020 g/mol. The zero-order valence-electron chi connectivity index (χ0n) is 43.5. The molecule has 6 aromatic heterocycles. The number of rotatable bonds is 17. The van der Waals surface area contributed by atoms with E-state index in [9.17, 15) is 20.4 Å². The zero-order valence-corrected chi connectivity index (χ0v) is 43.5. The fourth-order valence-electron chi connectivity index (χ4n) is 7.70. The molecule has 8 rings (SSSR count). The van der Waals surface area contributed by atoms with E-state index in [-0.39, 0.29) is 36.0 Å². The predicted octanol–water partition coefficient (Wildman–Crippen LogP) is 6.95. The van der Waals surface area contributed by atoms with Crippen LogP contribution in [0, 0.1) is 11.6 Å². The number of halogens is 2. The van der Waals surface area contributed by atoms with Crippen LogP contribution in [0.3, 0.4) is 0 Å². The van der Waals surface area contributed by atoms with Gasteiger partial charge in [-0.1, -0.05) is 0 Å². The number of pyridine rings is 2. The highest BCUT2D eigenvalue weighted by molar-refractivity contribution is 5.77. The van der Waals surface area contributed by atoms with Crippen molar-refractivity contribution in [3.8, 4) is 45.5 Å². The molecule has 6 heterocycles. The Kier molecular flexibility index (Phi) is 15.7. The summed E-state index contributed by atoms with van der Waals surface area (Å²) in [5, 5.41) is 50.1. The Hall–Kier alpha value is -7.66. The number of fused-ring (bicyclic) bond motifs is 2. The van der Waals surface area contributed by atoms with E-state index >= 15 is 8.78 Å². The molecule has 22 heteroatoms. The lowest BCUT2D eigenvalue weighted by Crippen LogP contribution is -2.36. The Morgan fingerprint density at radius 2 is 1.11 bits per heavy atom. The van der Waals surface area contributed by atoms with Gasteiger partial charge >= 0.3 is 0 Å². The first-order valence-corrected chi connectivity index (χ1v) is 23.3. The van der Waals surface area contributed by atoms with Gasteiger partial charge in [0.15, 0.2) is 34.4 Å². The Balaban J connectivity index is 0.000000216. The number of methoxy groups -OCH3 is 4. The van der Waals surface area contributed by atoms with E-state index in [0.29, 0.717) is 80.7 Å². The van der Waals surface area contributed by atoms with Crippen LogP contribution >= 0.6 is 0 Å². The summed E-state index contributed by atoms with van der Waals surface area (Å²) in [4.78, 5) is 29.2. The largest absolute Gasteiger partial charge is 0.497 e. The summed E-state index contributed by atoms with van der Waals surface area (Å²) in [5.41, 5.74) is 0.724. The molecule has 0 fully saturated rings. The third-order valence-electron chi connectivity index (χ3n) is 10.8. The Morgan fingerprint density at radius 3 is 1.65 bits per heavy atom. The third-order valence-corrected chi connectivity index (χ3v) is 10.8. The maximum absolute atomic E-state index is 15.4. The van der Waals surface area contributed by atoms with Crippen LogP contribution in [0.5, 0.6) is 23.0 Å². The molecular formula is C52H62F2N12O8. The number of aliphatic hydroxyl groups is 4. The van der Waals surface area contributed by atoms with Crippen LogP contribution in [0.1, 0.15) is 55.4 Å². The van der Waals surface area contributed by atoms with E-state index in [2.05, 4.69) is 35.1 Å². The van der Waals surface area contributed by atoms with Crippen LogP contribution in [-0.4, -0.2) is 127 Å². The Labute approximate surface area is 426 Å². The first kappa shape index (κ1) is 54.1. The second-order valence-electron chi connectivity index (χ2n) is 20.1. The molecule has 0 aliphatic rings. The van der Waals surface area contributed by atoms with Gasteiger partial charge in [0.05, 0.1) is 119 Å². The first-order chi connectivity index (χ1) is 34.7. The molecule has 20 nitrogen and oxygen atoms in total. The van der Waals surface area contributed by atoms with Gasteiger partial charge < -0.3 is 48.8 Å². The summed E-state index contributed by atoms with van der Waals surface area (Å²) in [6.45, 7) is 14.2. The standard InChI is InChI=1S/2C26H31FN6O4/c1-25(2,34)14-32-13-16(11-29-32)19-12-28-18-7-8-22(31-24(18)30-19)33(15-26(3,4)35)20-9-17(36-5)10-21(37-6)23(20)27;1-25(2,34)14-32-13-16(11-29-32)20-12-28-18-7-8-22(33(24(18)31-20)15-26(3,4)35)30-19-9-17(36-5)10-21(37-6)23(19)27/h2*7-13,34-35H,14-15H2,1-6H3. The average Bonchev–Trinajstić information content (AvgIpc) is 3.99. The van der Waals surface area contributed by atoms with Crippen molar-refractivity contribution in [2.45, 2.75) is 97.4 Å². The Morgan fingerprint density at radius 1 is 0.581 bits per heavy atom. The highest BCUT2D eigenvalue weighted by atomic mass is 19.1. The molecule has 0 saturated carbocycles. The Bertz CT molecular complexity index is 3350. The quantitative estimate of drug-likeness (QED) is 0.0722. The van der Waals surface area contributed by atoms with E-state index in [4.69, 9.17) is 23.9 Å². The molecule has 0 unspecified atom stereocenters. The molecule has 0 bridgehead atoms. The van der Waals surface area contributed by atoms with Crippen molar-refractivity contribution in [3.63, 3.8) is 0 Å². The van der Waals surface area contributed by atoms with Gasteiger partial charge in [-0.15, -0.1) is 0 Å². The zero-order chi connectivity index (χ0) is 53.9. The van der Waals surface area contributed by atoms with Gasteiger partial charge in [-0.3, -0.25) is 19.3 Å². The number of aromatic nitrogens is 10. The number of nitrogens with zero attached hydrogens (tertiary/aromatic N) is 12. The molecule has 392 valence electrons. The van der Waals surface area contributed by atoms with Gasteiger partial charge in [-0.25, -0.2) is 28.7 Å². The second-order valence-corrected chi connectivity index (χ2v) is 20.1. The molecule has 2 aromatic carbocycles. The third kappa shape index (κ3) is 13.5. The van der Waals surface area contributed by atoms with Crippen LogP contribution in [0.2, 0.25) is 0 Å². The van der Waals surface area contributed by atoms with Crippen LogP contribution in [0.25, 0.3) is 44.8 Å². The summed E-state index contributed by atoms with van der Waals surface area (Å²) in [6, 6.07) is 12.7. The van der Waals surface area contributed by atoms with Crippen LogP contribution in [0.15, 0.2) is 90.7 Å². The van der Waals surface area contributed by atoms with Crippen molar-refractivity contribution in [1.29, 1.82) is 0 Å². The lowest BCUT2D eigenvalue weighted by atomic mass is 10.1. The van der Waals surface area contributed by atoms with E-state index in [1.54, 1.807) is 136 Å². The number of ether oxygens (including phenoxy) is 4. The summed E-state index contributed by atoms with van der Waals surface area (Å²) in [6.07, 6.45) is 10.1. The molecular weight excluding hydrogens is 959 g/mol. The van der Waals surface area contributed by atoms with Gasteiger partial charge in [0, 0.05) is 47.8 Å². The van der Waals surface area contributed by atoms with Crippen LogP contribution in [0.4, 0.5) is 26.0 Å². The van der Waals surface area contributed by atoms with Gasteiger partial charge in [0.1, 0.15) is 39.5 Å². The van der Waals surface area contributed by atoms with Gasteiger partial charge in [0.25, 0.3) is 0 Å². The lowest BCUT2D eigenvalue weighted by molar-refractivity contribution is 0.0571. The minimum atomic E-state index is -1.19. The molecule has 0 aliphatic carbocycles.